The molecule has 0 radical (unpaired) electrons. The fraction of sp³-hybridized carbons (Fsp3) is 0.294. The van der Waals surface area contributed by atoms with Crippen LogP contribution in [0.1, 0.15) is 30.2 Å². The van der Waals surface area contributed by atoms with Crippen LogP contribution in [-0.4, -0.2) is 33.6 Å². The third-order valence-electron chi connectivity index (χ3n) is 4.02. The van der Waals surface area contributed by atoms with Crippen molar-refractivity contribution in [3.05, 3.63) is 44.9 Å². The molecule has 0 saturated carbocycles. The summed E-state index contributed by atoms with van der Waals surface area (Å²) in [5.74, 6) is -1.09. The van der Waals surface area contributed by atoms with E-state index in [1.54, 1.807) is 18.3 Å². The van der Waals surface area contributed by atoms with Gasteiger partial charge >= 0.3 is 0 Å². The molecule has 6 nitrogen and oxygen atoms in total. The van der Waals surface area contributed by atoms with Crippen molar-refractivity contribution >= 4 is 57.4 Å². The molecule has 1 N–H and O–H groups in total. The number of nitrogens with zero attached hydrogens (tertiary/aromatic N) is 2. The SMILES string of the molecule is C[C@@H](C(=O)Nc1ncc(Cc2ccc(Cl)cc2Cl)s1)N1C(=O)CCC1=O. The molecule has 1 fully saturated rings. The minimum Gasteiger partial charge on any atom is -0.300 e. The Bertz CT molecular complexity index is 868. The summed E-state index contributed by atoms with van der Waals surface area (Å²) in [5.41, 5.74) is 0.902. The molecule has 2 aromatic rings. The monoisotopic (exact) mass is 411 g/mol. The standard InChI is InChI=1S/C17H15Cl2N3O3S/c1-9(22-14(23)4-5-15(22)24)16(25)21-17-20-8-12(26-17)6-10-2-3-11(18)7-13(10)19/h2-3,7-9H,4-6H2,1H3,(H,20,21,25)/t9-/m0/s1. The molecule has 1 aromatic heterocycles. The molecule has 3 rings (SSSR count). The fourth-order valence-electron chi connectivity index (χ4n) is 2.65. The van der Waals surface area contributed by atoms with Gasteiger partial charge in [0, 0.05) is 40.4 Å². The highest BCUT2D eigenvalue weighted by Crippen LogP contribution is 2.27. The van der Waals surface area contributed by atoms with Gasteiger partial charge in [-0.25, -0.2) is 4.98 Å². The molecule has 3 amide bonds. The lowest BCUT2D eigenvalue weighted by Gasteiger charge is -2.20. The first-order chi connectivity index (χ1) is 12.3. The van der Waals surface area contributed by atoms with E-state index in [1.807, 2.05) is 6.07 Å². The van der Waals surface area contributed by atoms with Crippen molar-refractivity contribution in [1.82, 2.24) is 9.88 Å². The van der Waals surface area contributed by atoms with Crippen LogP contribution in [0.5, 0.6) is 0 Å². The summed E-state index contributed by atoms with van der Waals surface area (Å²) in [6.45, 7) is 1.53. The molecular weight excluding hydrogens is 397 g/mol. The highest BCUT2D eigenvalue weighted by molar-refractivity contribution is 7.15. The Labute approximate surface area is 164 Å². The molecule has 0 aliphatic carbocycles. The summed E-state index contributed by atoms with van der Waals surface area (Å²) in [4.78, 5) is 41.9. The second kappa shape index (κ2) is 7.73. The number of aromatic nitrogens is 1. The molecule has 1 aliphatic rings. The molecule has 0 bridgehead atoms. The Morgan fingerprint density at radius 3 is 2.65 bits per heavy atom. The summed E-state index contributed by atoms with van der Waals surface area (Å²) in [5, 5.41) is 4.19. The zero-order valence-corrected chi connectivity index (χ0v) is 16.1. The molecule has 1 aliphatic heterocycles. The molecule has 136 valence electrons. The number of rotatable bonds is 5. The average molecular weight is 412 g/mol. The third-order valence-corrected chi connectivity index (χ3v) is 5.52. The molecule has 0 spiro atoms. The minimum atomic E-state index is -0.865. The number of halogens is 2. The molecule has 1 aromatic carbocycles. The molecule has 2 heterocycles. The molecule has 9 heteroatoms. The summed E-state index contributed by atoms with van der Waals surface area (Å²) in [6.07, 6.45) is 2.52. The number of likely N-dealkylation sites (tertiary alicyclic amines) is 1. The number of benzene rings is 1. The maximum Gasteiger partial charge on any atom is 0.249 e. The molecule has 26 heavy (non-hydrogen) atoms. The van der Waals surface area contributed by atoms with Crippen molar-refractivity contribution in [2.24, 2.45) is 0 Å². The van der Waals surface area contributed by atoms with Crippen LogP contribution in [0.3, 0.4) is 0 Å². The lowest BCUT2D eigenvalue weighted by Crippen LogP contribution is -2.44. The van der Waals surface area contributed by atoms with Crippen LogP contribution in [-0.2, 0) is 20.8 Å². The second-order valence-corrected chi connectivity index (χ2v) is 7.83. The third kappa shape index (κ3) is 4.06. The van der Waals surface area contributed by atoms with Gasteiger partial charge in [-0.3, -0.25) is 19.3 Å². The first kappa shape index (κ1) is 18.8. The van der Waals surface area contributed by atoms with Gasteiger partial charge in [-0.2, -0.15) is 0 Å². The highest BCUT2D eigenvalue weighted by Gasteiger charge is 2.36. The van der Waals surface area contributed by atoms with Gasteiger partial charge in [0.2, 0.25) is 17.7 Å². The Morgan fingerprint density at radius 1 is 1.31 bits per heavy atom. The quantitative estimate of drug-likeness (QED) is 0.763. The van der Waals surface area contributed by atoms with Crippen LogP contribution in [0, 0.1) is 0 Å². The lowest BCUT2D eigenvalue weighted by molar-refractivity contribution is -0.144. The molecule has 1 atom stereocenters. The number of amides is 3. The van der Waals surface area contributed by atoms with E-state index in [2.05, 4.69) is 10.3 Å². The Hall–Kier alpha value is -1.96. The number of carbonyl (C=O) groups excluding carboxylic acids is 3. The van der Waals surface area contributed by atoms with E-state index in [9.17, 15) is 14.4 Å². The Kier molecular flexibility index (Phi) is 5.60. The van der Waals surface area contributed by atoms with Crippen molar-refractivity contribution in [2.45, 2.75) is 32.2 Å². The summed E-state index contributed by atoms with van der Waals surface area (Å²) in [7, 11) is 0. The summed E-state index contributed by atoms with van der Waals surface area (Å²) >= 11 is 13.4. The van der Waals surface area contributed by atoms with Crippen LogP contribution in [0.2, 0.25) is 10.0 Å². The van der Waals surface area contributed by atoms with Crippen molar-refractivity contribution in [2.75, 3.05) is 5.32 Å². The maximum atomic E-state index is 12.3. The van der Waals surface area contributed by atoms with E-state index in [1.165, 1.54) is 18.3 Å². The van der Waals surface area contributed by atoms with Gasteiger partial charge in [0.1, 0.15) is 6.04 Å². The number of nitrogens with one attached hydrogen (secondary N) is 1. The minimum absolute atomic E-state index is 0.152. The second-order valence-electron chi connectivity index (χ2n) is 5.87. The van der Waals surface area contributed by atoms with Gasteiger partial charge < -0.3 is 5.32 Å². The molecule has 0 unspecified atom stereocenters. The maximum absolute atomic E-state index is 12.3. The number of carbonyl (C=O) groups is 3. The van der Waals surface area contributed by atoms with Crippen molar-refractivity contribution < 1.29 is 14.4 Å². The normalized spacial score (nSPS) is 15.4. The summed E-state index contributed by atoms with van der Waals surface area (Å²) in [6, 6.07) is 4.41. The zero-order chi connectivity index (χ0) is 18.8. The van der Waals surface area contributed by atoms with Gasteiger partial charge in [-0.15, -0.1) is 11.3 Å². The van der Waals surface area contributed by atoms with Crippen LogP contribution in [0.15, 0.2) is 24.4 Å². The Morgan fingerprint density at radius 2 is 2.00 bits per heavy atom. The van der Waals surface area contributed by atoms with Crippen molar-refractivity contribution in [3.63, 3.8) is 0 Å². The molecular formula is C17H15Cl2N3O3S. The number of hydrogen-bond donors (Lipinski definition) is 1. The van der Waals surface area contributed by atoms with E-state index >= 15 is 0 Å². The van der Waals surface area contributed by atoms with Gasteiger partial charge in [-0.1, -0.05) is 29.3 Å². The van der Waals surface area contributed by atoms with Crippen LogP contribution in [0.25, 0.3) is 0 Å². The van der Waals surface area contributed by atoms with Crippen LogP contribution in [0.4, 0.5) is 5.13 Å². The van der Waals surface area contributed by atoms with Crippen molar-refractivity contribution in [1.29, 1.82) is 0 Å². The average Bonchev–Trinajstić information content (AvgIpc) is 3.16. The summed E-state index contributed by atoms with van der Waals surface area (Å²) < 4.78 is 0. The van der Waals surface area contributed by atoms with E-state index in [4.69, 9.17) is 23.2 Å². The van der Waals surface area contributed by atoms with Crippen LogP contribution < -0.4 is 5.32 Å². The zero-order valence-electron chi connectivity index (χ0n) is 13.8. The van der Waals surface area contributed by atoms with Gasteiger partial charge in [0.25, 0.3) is 0 Å². The van der Waals surface area contributed by atoms with Gasteiger partial charge in [-0.05, 0) is 24.6 Å². The first-order valence-corrected chi connectivity index (χ1v) is 9.47. The largest absolute Gasteiger partial charge is 0.300 e. The van der Waals surface area contributed by atoms with E-state index < -0.39 is 11.9 Å². The predicted molar refractivity (Wildman–Crippen MR) is 101 cm³/mol. The number of hydrogen-bond acceptors (Lipinski definition) is 5. The first-order valence-electron chi connectivity index (χ1n) is 7.89. The Balaban J connectivity index is 1.65. The van der Waals surface area contributed by atoms with Gasteiger partial charge in [0.05, 0.1) is 0 Å². The van der Waals surface area contributed by atoms with Crippen LogP contribution >= 0.6 is 34.5 Å². The fourth-order valence-corrected chi connectivity index (χ4v) is 3.97. The topological polar surface area (TPSA) is 79.4 Å². The number of imide groups is 1. The van der Waals surface area contributed by atoms with E-state index in [-0.39, 0.29) is 24.7 Å². The number of thiazole rings is 1. The highest BCUT2D eigenvalue weighted by atomic mass is 35.5. The molecule has 1 saturated heterocycles. The van der Waals surface area contributed by atoms with Crippen molar-refractivity contribution in [3.8, 4) is 0 Å². The lowest BCUT2D eigenvalue weighted by atomic mass is 10.1. The predicted octanol–water partition coefficient (Wildman–Crippen LogP) is 3.52. The van der Waals surface area contributed by atoms with E-state index in [0.29, 0.717) is 21.6 Å². The van der Waals surface area contributed by atoms with E-state index in [0.717, 1.165) is 15.3 Å². The number of anilines is 1. The van der Waals surface area contributed by atoms with Gasteiger partial charge in [0.15, 0.2) is 5.13 Å². The smallest absolute Gasteiger partial charge is 0.249 e.